The lowest BCUT2D eigenvalue weighted by atomic mass is 9.83. The van der Waals surface area contributed by atoms with E-state index in [1.54, 1.807) is 6.92 Å². The Morgan fingerprint density at radius 1 is 0.848 bits per heavy atom. The maximum atomic E-state index is 12.3. The lowest BCUT2D eigenvalue weighted by molar-refractivity contribution is -0.223. The number of carbonyl (C=O) groups excluding carboxylic acids is 3. The van der Waals surface area contributed by atoms with Gasteiger partial charge in [-0.05, 0) is 42.0 Å². The zero-order valence-corrected chi connectivity index (χ0v) is 19.9. The largest absolute Gasteiger partial charge is 0.458 e. The van der Waals surface area contributed by atoms with Crippen LogP contribution in [0.15, 0.2) is 48.5 Å². The molecule has 2 aromatic rings. The van der Waals surface area contributed by atoms with Gasteiger partial charge in [-0.1, -0.05) is 62.4 Å². The lowest BCUT2D eigenvalue weighted by Gasteiger charge is -2.44. The zero-order chi connectivity index (χ0) is 24.1. The van der Waals surface area contributed by atoms with E-state index in [1.807, 2.05) is 24.3 Å². The number of hydrogen-bond donors (Lipinski definition) is 0. The third-order valence-electron chi connectivity index (χ3n) is 6.03. The molecule has 0 amide bonds. The Labute approximate surface area is 195 Å². The van der Waals surface area contributed by atoms with Crippen molar-refractivity contribution in [3.05, 3.63) is 70.8 Å². The monoisotopic (exact) mass is 452 g/mol. The Hall–Kier alpha value is -2.99. The minimum Gasteiger partial charge on any atom is -0.458 e. The van der Waals surface area contributed by atoms with Crippen molar-refractivity contribution in [2.75, 3.05) is 0 Å². The normalized spacial score (nSPS) is 24.7. The van der Waals surface area contributed by atoms with Gasteiger partial charge in [0.2, 0.25) is 0 Å². The first kappa shape index (κ1) is 24.6. The number of ketones is 1. The highest BCUT2D eigenvalue weighted by molar-refractivity contribution is 5.81. The lowest BCUT2D eigenvalue weighted by Crippen LogP contribution is -2.54. The molecule has 1 heterocycles. The second-order valence-electron chi connectivity index (χ2n) is 8.69. The predicted molar refractivity (Wildman–Crippen MR) is 124 cm³/mol. The van der Waals surface area contributed by atoms with Gasteiger partial charge >= 0.3 is 11.9 Å². The number of Topliss-reactive ketones (excluding diaryl/α,β-unsaturated/α-hetero) is 1. The molecule has 33 heavy (non-hydrogen) atoms. The summed E-state index contributed by atoms with van der Waals surface area (Å²) in [6.07, 6.45) is -1.48. The van der Waals surface area contributed by atoms with Gasteiger partial charge in [-0.3, -0.25) is 14.4 Å². The number of aryl methyl sites for hydroxylation is 1. The van der Waals surface area contributed by atoms with E-state index in [9.17, 15) is 14.4 Å². The molecule has 3 rings (SSSR count). The molecule has 0 N–H and O–H groups in total. The zero-order valence-electron chi connectivity index (χ0n) is 19.9. The van der Waals surface area contributed by atoms with E-state index in [0.717, 1.165) is 24.0 Å². The molecular weight excluding hydrogens is 420 g/mol. The summed E-state index contributed by atoms with van der Waals surface area (Å²) in [5.74, 6) is -1.65. The molecule has 2 aromatic carbocycles. The number of carbonyl (C=O) groups is 3. The van der Waals surface area contributed by atoms with Crippen molar-refractivity contribution in [1.29, 1.82) is 0 Å². The third-order valence-corrected chi connectivity index (χ3v) is 6.03. The maximum absolute atomic E-state index is 12.3. The molecule has 0 saturated carbocycles. The number of rotatable bonds is 7. The maximum Gasteiger partial charge on any atom is 0.303 e. The minimum atomic E-state index is -0.865. The Kier molecular flexibility index (Phi) is 8.03. The van der Waals surface area contributed by atoms with Crippen LogP contribution < -0.4 is 0 Å². The second-order valence-corrected chi connectivity index (χ2v) is 8.69. The quantitative estimate of drug-likeness (QED) is 0.581. The summed E-state index contributed by atoms with van der Waals surface area (Å²) in [4.78, 5) is 36.1. The molecule has 6 nitrogen and oxygen atoms in total. The van der Waals surface area contributed by atoms with Crippen LogP contribution in [0, 0.1) is 5.92 Å². The van der Waals surface area contributed by atoms with E-state index >= 15 is 0 Å². The first-order chi connectivity index (χ1) is 15.7. The molecule has 0 aliphatic carbocycles. The third kappa shape index (κ3) is 6.08. The van der Waals surface area contributed by atoms with Gasteiger partial charge in [-0.25, -0.2) is 0 Å². The minimum absolute atomic E-state index is 0.168. The van der Waals surface area contributed by atoms with Gasteiger partial charge in [-0.2, -0.15) is 0 Å². The van der Waals surface area contributed by atoms with Crippen LogP contribution in [0.2, 0.25) is 0 Å². The molecule has 0 radical (unpaired) electrons. The average molecular weight is 453 g/mol. The van der Waals surface area contributed by atoms with Crippen molar-refractivity contribution in [2.45, 2.75) is 71.9 Å². The summed E-state index contributed by atoms with van der Waals surface area (Å²) in [5, 5.41) is 0. The average Bonchev–Trinajstić information content (AvgIpc) is 2.76. The molecule has 176 valence electrons. The van der Waals surface area contributed by atoms with Gasteiger partial charge < -0.3 is 14.2 Å². The van der Waals surface area contributed by atoms with E-state index < -0.39 is 42.3 Å². The highest BCUT2D eigenvalue weighted by Crippen LogP contribution is 2.39. The van der Waals surface area contributed by atoms with Crippen molar-refractivity contribution in [1.82, 2.24) is 0 Å². The number of ether oxygens (including phenoxy) is 3. The highest BCUT2D eigenvalue weighted by atomic mass is 16.6. The SMILES string of the molecule is CCc1ccc(Cc2cccc([C@@H]3O[C@H](C(C)=O)[C@@H](C)[C@H](OC(C)=O)[C@H]3OC(C)=O)c2)cc1. The fourth-order valence-corrected chi connectivity index (χ4v) is 4.43. The molecule has 1 saturated heterocycles. The molecule has 1 aliphatic rings. The fraction of sp³-hybridized carbons (Fsp3) is 0.444. The Morgan fingerprint density at radius 3 is 2.03 bits per heavy atom. The summed E-state index contributed by atoms with van der Waals surface area (Å²) in [7, 11) is 0. The standard InChI is InChI=1S/C27H32O6/c1-6-20-10-12-21(13-11-20)14-22-8-7-9-23(15-22)26-27(32-19(5)30)25(31-18(4)29)16(2)24(33-26)17(3)28/h7-13,15-16,24-27H,6,14H2,1-5H3/t16-,24+,25+,26+,27-/m1/s1. The van der Waals surface area contributed by atoms with Gasteiger partial charge in [0.05, 0.1) is 0 Å². The van der Waals surface area contributed by atoms with Crippen molar-refractivity contribution in [3.63, 3.8) is 0 Å². The van der Waals surface area contributed by atoms with Gasteiger partial charge in [0.15, 0.2) is 11.9 Å². The van der Waals surface area contributed by atoms with Gasteiger partial charge in [0, 0.05) is 19.8 Å². The number of esters is 2. The van der Waals surface area contributed by atoms with Crippen LogP contribution in [0.5, 0.6) is 0 Å². The molecule has 1 fully saturated rings. The molecule has 6 heteroatoms. The Balaban J connectivity index is 1.95. The molecule has 0 aromatic heterocycles. The van der Waals surface area contributed by atoms with Gasteiger partial charge in [0.25, 0.3) is 0 Å². The summed E-state index contributed by atoms with van der Waals surface area (Å²) in [6, 6.07) is 16.3. The van der Waals surface area contributed by atoms with Crippen LogP contribution >= 0.6 is 0 Å². The van der Waals surface area contributed by atoms with E-state index in [-0.39, 0.29) is 5.78 Å². The molecule has 0 spiro atoms. The summed E-state index contributed by atoms with van der Waals surface area (Å²) < 4.78 is 17.3. The molecule has 5 atom stereocenters. The predicted octanol–water partition coefficient (Wildman–Crippen LogP) is 4.37. The van der Waals surface area contributed by atoms with E-state index in [4.69, 9.17) is 14.2 Å². The van der Waals surface area contributed by atoms with Crippen molar-refractivity contribution < 1.29 is 28.6 Å². The van der Waals surface area contributed by atoms with E-state index in [0.29, 0.717) is 0 Å². The number of hydrogen-bond acceptors (Lipinski definition) is 6. The summed E-state index contributed by atoms with van der Waals surface area (Å²) in [6.45, 7) is 7.95. The topological polar surface area (TPSA) is 78.9 Å². The molecular formula is C27H32O6. The van der Waals surface area contributed by atoms with E-state index in [2.05, 4.69) is 31.2 Å². The van der Waals surface area contributed by atoms with Crippen LogP contribution in [-0.2, 0) is 41.4 Å². The Morgan fingerprint density at radius 2 is 1.45 bits per heavy atom. The Bertz CT molecular complexity index is 996. The molecule has 0 unspecified atom stereocenters. The smallest absolute Gasteiger partial charge is 0.303 e. The second kappa shape index (κ2) is 10.8. The first-order valence-electron chi connectivity index (χ1n) is 11.4. The van der Waals surface area contributed by atoms with Crippen LogP contribution in [0.4, 0.5) is 0 Å². The molecule has 1 aliphatic heterocycles. The molecule has 0 bridgehead atoms. The van der Waals surface area contributed by atoms with Crippen molar-refractivity contribution in [3.8, 4) is 0 Å². The van der Waals surface area contributed by atoms with Crippen molar-refractivity contribution in [2.24, 2.45) is 5.92 Å². The van der Waals surface area contributed by atoms with Crippen LogP contribution in [0.3, 0.4) is 0 Å². The van der Waals surface area contributed by atoms with Crippen LogP contribution in [0.1, 0.15) is 63.0 Å². The highest BCUT2D eigenvalue weighted by Gasteiger charge is 2.49. The summed E-state index contributed by atoms with van der Waals surface area (Å²) in [5.41, 5.74) is 4.29. The fourth-order valence-electron chi connectivity index (χ4n) is 4.43. The first-order valence-corrected chi connectivity index (χ1v) is 11.4. The van der Waals surface area contributed by atoms with Crippen LogP contribution in [-0.4, -0.2) is 36.0 Å². The van der Waals surface area contributed by atoms with Gasteiger partial charge in [0.1, 0.15) is 18.3 Å². The van der Waals surface area contributed by atoms with Crippen molar-refractivity contribution >= 4 is 17.7 Å². The number of benzene rings is 2. The van der Waals surface area contributed by atoms with Crippen LogP contribution in [0.25, 0.3) is 0 Å². The van der Waals surface area contributed by atoms with Gasteiger partial charge in [-0.15, -0.1) is 0 Å². The summed E-state index contributed by atoms with van der Waals surface area (Å²) >= 11 is 0. The van der Waals surface area contributed by atoms with E-state index in [1.165, 1.54) is 31.9 Å².